The standard InChI is InChI=1S/C47H32N4/c48-31-32-11-13-34(14-12-32)35-15-17-36(18-16-35)41-25-21-38-22-26-42(28-43(38)27-41)37-19-23-40(24-20-37)47-49-46-30-44(33-7-3-1-4-8-33)29-45(51(46)50-47)39-9-5-2-6-10-39/h1-29,44H,30H2. The average Bonchev–Trinajstić information content (AvgIpc) is 3.65. The van der Waals surface area contributed by atoms with Gasteiger partial charge in [-0.15, -0.1) is 5.10 Å². The summed E-state index contributed by atoms with van der Waals surface area (Å²) < 4.78 is 2.03. The number of nitrogens with zero attached hydrogens (tertiary/aromatic N) is 4. The highest BCUT2D eigenvalue weighted by atomic mass is 15.4. The zero-order valence-electron chi connectivity index (χ0n) is 27.8. The number of rotatable bonds is 6. The second kappa shape index (κ2) is 12.9. The van der Waals surface area contributed by atoms with Crippen molar-refractivity contribution in [1.29, 1.82) is 5.26 Å². The van der Waals surface area contributed by atoms with Crippen molar-refractivity contribution in [2.75, 3.05) is 0 Å². The predicted molar refractivity (Wildman–Crippen MR) is 207 cm³/mol. The highest BCUT2D eigenvalue weighted by Gasteiger charge is 2.25. The molecule has 51 heavy (non-hydrogen) atoms. The second-order valence-corrected chi connectivity index (χ2v) is 13.0. The SMILES string of the molecule is N#Cc1ccc(-c2ccc(-c3ccc4ccc(-c5ccc(-c6nc7n(n6)C(c6ccccc6)=CC(c6ccccc6)C7)cc5)cc4c3)cc2)cc1. The molecule has 8 aromatic rings. The minimum Gasteiger partial charge on any atom is -0.217 e. The van der Waals surface area contributed by atoms with Crippen molar-refractivity contribution in [2.24, 2.45) is 0 Å². The Morgan fingerprint density at radius 3 is 1.61 bits per heavy atom. The molecule has 7 aromatic carbocycles. The van der Waals surface area contributed by atoms with Gasteiger partial charge in [0.15, 0.2) is 5.82 Å². The topological polar surface area (TPSA) is 54.5 Å². The molecule has 9 rings (SSSR count). The minimum absolute atomic E-state index is 0.231. The summed E-state index contributed by atoms with van der Waals surface area (Å²) in [4.78, 5) is 5.08. The van der Waals surface area contributed by atoms with Gasteiger partial charge in [-0.05, 0) is 79.5 Å². The summed E-state index contributed by atoms with van der Waals surface area (Å²) in [6.45, 7) is 0. The lowest BCUT2D eigenvalue weighted by Crippen LogP contribution is -2.16. The Morgan fingerprint density at radius 1 is 0.510 bits per heavy atom. The van der Waals surface area contributed by atoms with E-state index in [1.54, 1.807) is 0 Å². The second-order valence-electron chi connectivity index (χ2n) is 13.0. The fraction of sp³-hybridized carbons (Fsp3) is 0.0426. The fourth-order valence-corrected chi connectivity index (χ4v) is 7.06. The van der Waals surface area contributed by atoms with Gasteiger partial charge in [-0.25, -0.2) is 9.67 Å². The van der Waals surface area contributed by atoms with Crippen molar-refractivity contribution in [1.82, 2.24) is 14.8 Å². The first-order valence-corrected chi connectivity index (χ1v) is 17.2. The van der Waals surface area contributed by atoms with Gasteiger partial charge in [-0.3, -0.25) is 0 Å². The van der Waals surface area contributed by atoms with Crippen molar-refractivity contribution >= 4 is 16.5 Å². The van der Waals surface area contributed by atoms with Crippen LogP contribution in [0.15, 0.2) is 176 Å². The Balaban J connectivity index is 0.984. The molecule has 0 N–H and O–H groups in total. The van der Waals surface area contributed by atoms with Crippen LogP contribution in [0.25, 0.3) is 61.2 Å². The maximum absolute atomic E-state index is 9.12. The number of allylic oxidation sites excluding steroid dienone is 1. The maximum atomic E-state index is 9.12. The lowest BCUT2D eigenvalue weighted by Gasteiger charge is -2.22. The van der Waals surface area contributed by atoms with Crippen molar-refractivity contribution in [3.8, 4) is 50.8 Å². The van der Waals surface area contributed by atoms with E-state index >= 15 is 0 Å². The Morgan fingerprint density at radius 2 is 1.02 bits per heavy atom. The molecule has 0 amide bonds. The van der Waals surface area contributed by atoms with Gasteiger partial charge in [0.25, 0.3) is 0 Å². The molecule has 4 nitrogen and oxygen atoms in total. The zero-order chi connectivity index (χ0) is 34.1. The van der Waals surface area contributed by atoms with Gasteiger partial charge >= 0.3 is 0 Å². The van der Waals surface area contributed by atoms with Crippen LogP contribution < -0.4 is 0 Å². The van der Waals surface area contributed by atoms with Gasteiger partial charge in [0.05, 0.1) is 17.3 Å². The smallest absolute Gasteiger partial charge is 0.181 e. The summed E-state index contributed by atoms with van der Waals surface area (Å²) in [5.74, 6) is 1.94. The van der Waals surface area contributed by atoms with Crippen LogP contribution in [0.3, 0.4) is 0 Å². The van der Waals surface area contributed by atoms with E-state index in [1.807, 2.05) is 35.0 Å². The van der Waals surface area contributed by atoms with Crippen LogP contribution in [0.5, 0.6) is 0 Å². The largest absolute Gasteiger partial charge is 0.217 e. The number of benzene rings is 7. The molecule has 0 fully saturated rings. The summed E-state index contributed by atoms with van der Waals surface area (Å²) in [7, 11) is 0. The fourth-order valence-electron chi connectivity index (χ4n) is 7.06. The van der Waals surface area contributed by atoms with Gasteiger partial charge < -0.3 is 0 Å². The summed E-state index contributed by atoms with van der Waals surface area (Å²) in [5.41, 5.74) is 12.0. The van der Waals surface area contributed by atoms with E-state index in [2.05, 4.69) is 152 Å². The van der Waals surface area contributed by atoms with Crippen LogP contribution in [0, 0.1) is 11.3 Å². The predicted octanol–water partition coefficient (Wildman–Crippen LogP) is 11.2. The Labute approximate surface area is 297 Å². The van der Waals surface area contributed by atoms with Crippen LogP contribution in [-0.2, 0) is 6.42 Å². The summed E-state index contributed by atoms with van der Waals surface area (Å²) in [6, 6.07) is 61.6. The van der Waals surface area contributed by atoms with Crippen molar-refractivity contribution in [3.63, 3.8) is 0 Å². The molecular formula is C47H32N4. The molecule has 1 aliphatic heterocycles. The zero-order valence-corrected chi connectivity index (χ0v) is 27.8. The van der Waals surface area contributed by atoms with Gasteiger partial charge in [-0.2, -0.15) is 5.26 Å². The number of nitriles is 1. The first kappa shape index (κ1) is 30.2. The van der Waals surface area contributed by atoms with Crippen LogP contribution in [0.2, 0.25) is 0 Å². The molecule has 0 aliphatic carbocycles. The van der Waals surface area contributed by atoms with Gasteiger partial charge in [0.1, 0.15) is 5.82 Å². The third kappa shape index (κ3) is 5.92. The van der Waals surface area contributed by atoms with E-state index in [9.17, 15) is 0 Å². The lowest BCUT2D eigenvalue weighted by atomic mass is 9.91. The molecule has 0 radical (unpaired) electrons. The molecule has 1 aliphatic rings. The first-order valence-electron chi connectivity index (χ1n) is 17.2. The normalized spacial score (nSPS) is 13.7. The van der Waals surface area contributed by atoms with Gasteiger partial charge in [-0.1, -0.05) is 152 Å². The van der Waals surface area contributed by atoms with E-state index in [0.29, 0.717) is 5.56 Å². The molecule has 4 heteroatoms. The Bertz CT molecular complexity index is 2570. The number of fused-ring (bicyclic) bond motifs is 2. The van der Waals surface area contributed by atoms with Crippen LogP contribution in [0.1, 0.15) is 28.4 Å². The third-order valence-electron chi connectivity index (χ3n) is 9.84. The molecule has 240 valence electrons. The van der Waals surface area contributed by atoms with Crippen molar-refractivity contribution in [3.05, 3.63) is 198 Å². The molecule has 1 unspecified atom stereocenters. The molecule has 0 spiro atoms. The van der Waals surface area contributed by atoms with Crippen molar-refractivity contribution in [2.45, 2.75) is 12.3 Å². The van der Waals surface area contributed by atoms with Crippen molar-refractivity contribution < 1.29 is 0 Å². The quantitative estimate of drug-likeness (QED) is 0.180. The molecular weight excluding hydrogens is 621 g/mol. The molecule has 1 aromatic heterocycles. The first-order chi connectivity index (χ1) is 25.2. The number of aromatic nitrogens is 3. The van der Waals surface area contributed by atoms with E-state index < -0.39 is 0 Å². The summed E-state index contributed by atoms with van der Waals surface area (Å²) in [6.07, 6.45) is 3.13. The lowest BCUT2D eigenvalue weighted by molar-refractivity contribution is 0.701. The molecule has 0 bridgehead atoms. The van der Waals surface area contributed by atoms with Crippen LogP contribution in [0.4, 0.5) is 0 Å². The van der Waals surface area contributed by atoms with E-state index in [4.69, 9.17) is 15.3 Å². The minimum atomic E-state index is 0.231. The molecule has 2 heterocycles. The highest BCUT2D eigenvalue weighted by Crippen LogP contribution is 2.35. The van der Waals surface area contributed by atoms with Crippen LogP contribution in [-0.4, -0.2) is 14.8 Å². The van der Waals surface area contributed by atoms with E-state index in [1.165, 1.54) is 33.0 Å². The molecule has 0 saturated heterocycles. The van der Waals surface area contributed by atoms with Crippen LogP contribution >= 0.6 is 0 Å². The monoisotopic (exact) mass is 652 g/mol. The van der Waals surface area contributed by atoms with E-state index in [-0.39, 0.29) is 5.92 Å². The van der Waals surface area contributed by atoms with Gasteiger partial charge in [0.2, 0.25) is 0 Å². The summed E-state index contributed by atoms with van der Waals surface area (Å²) >= 11 is 0. The summed E-state index contributed by atoms with van der Waals surface area (Å²) in [5, 5.41) is 16.6. The maximum Gasteiger partial charge on any atom is 0.181 e. The molecule has 1 atom stereocenters. The Kier molecular flexibility index (Phi) is 7.64. The Hall–Kier alpha value is -6.83. The van der Waals surface area contributed by atoms with Gasteiger partial charge in [0, 0.05) is 17.9 Å². The number of hydrogen-bond acceptors (Lipinski definition) is 3. The molecule has 0 saturated carbocycles. The third-order valence-corrected chi connectivity index (χ3v) is 9.84. The highest BCUT2D eigenvalue weighted by molar-refractivity contribution is 5.91. The number of hydrogen-bond donors (Lipinski definition) is 0. The average molecular weight is 653 g/mol. The van der Waals surface area contributed by atoms with E-state index in [0.717, 1.165) is 51.6 Å².